The topological polar surface area (TPSA) is 38.3 Å². The molecule has 0 heterocycles. The van der Waals surface area contributed by atoms with Crippen LogP contribution >= 0.6 is 0 Å². The molecule has 1 aliphatic carbocycles. The standard InChI is InChI=1S/C13H25NO2/c1-10(2)14-12(13(15)16-3)9-11-7-5-4-6-8-11/h10-12,14H,4-9H2,1-3H3. The Balaban J connectivity index is 2.44. The fraction of sp³-hybridized carbons (Fsp3) is 0.923. The molecule has 16 heavy (non-hydrogen) atoms. The van der Waals surface area contributed by atoms with Crippen molar-refractivity contribution in [3.05, 3.63) is 0 Å². The van der Waals surface area contributed by atoms with E-state index in [0.717, 1.165) is 6.42 Å². The molecule has 0 bridgehead atoms. The zero-order chi connectivity index (χ0) is 12.0. The first kappa shape index (κ1) is 13.5. The summed E-state index contributed by atoms with van der Waals surface area (Å²) < 4.78 is 4.85. The van der Waals surface area contributed by atoms with E-state index in [1.165, 1.54) is 39.2 Å². The summed E-state index contributed by atoms with van der Waals surface area (Å²) in [6.07, 6.45) is 7.48. The molecule has 1 fully saturated rings. The number of rotatable bonds is 5. The van der Waals surface area contributed by atoms with Gasteiger partial charge in [-0.3, -0.25) is 4.79 Å². The lowest BCUT2D eigenvalue weighted by atomic mass is 9.84. The lowest BCUT2D eigenvalue weighted by Crippen LogP contribution is -2.43. The van der Waals surface area contributed by atoms with Gasteiger partial charge in [0, 0.05) is 6.04 Å². The number of nitrogens with one attached hydrogen (secondary N) is 1. The molecule has 1 N–H and O–H groups in total. The Morgan fingerprint density at radius 3 is 2.44 bits per heavy atom. The summed E-state index contributed by atoms with van der Waals surface area (Å²) in [5, 5.41) is 3.30. The van der Waals surface area contributed by atoms with Gasteiger partial charge in [0.2, 0.25) is 0 Å². The Labute approximate surface area is 98.9 Å². The molecule has 1 atom stereocenters. The molecule has 0 saturated heterocycles. The van der Waals surface area contributed by atoms with E-state index in [4.69, 9.17) is 4.74 Å². The Morgan fingerprint density at radius 2 is 1.94 bits per heavy atom. The number of hydrogen-bond acceptors (Lipinski definition) is 3. The molecular weight excluding hydrogens is 202 g/mol. The Bertz CT molecular complexity index is 210. The van der Waals surface area contributed by atoms with E-state index in [2.05, 4.69) is 19.2 Å². The molecule has 1 rings (SSSR count). The smallest absolute Gasteiger partial charge is 0.322 e. The van der Waals surface area contributed by atoms with Crippen LogP contribution in [-0.2, 0) is 9.53 Å². The molecule has 1 unspecified atom stereocenters. The SMILES string of the molecule is COC(=O)C(CC1CCCCC1)NC(C)C. The van der Waals surface area contributed by atoms with Crippen molar-refractivity contribution in [1.29, 1.82) is 0 Å². The summed E-state index contributed by atoms with van der Waals surface area (Å²) in [6.45, 7) is 4.13. The van der Waals surface area contributed by atoms with Crippen molar-refractivity contribution in [2.45, 2.75) is 64.5 Å². The third-order valence-corrected chi connectivity index (χ3v) is 3.31. The zero-order valence-electron chi connectivity index (χ0n) is 10.8. The van der Waals surface area contributed by atoms with Crippen LogP contribution in [0.4, 0.5) is 0 Å². The summed E-state index contributed by atoms with van der Waals surface area (Å²) >= 11 is 0. The first-order valence-electron chi connectivity index (χ1n) is 6.47. The fourth-order valence-corrected chi connectivity index (χ4v) is 2.53. The van der Waals surface area contributed by atoms with Crippen LogP contribution in [0.25, 0.3) is 0 Å². The predicted molar refractivity (Wildman–Crippen MR) is 65.3 cm³/mol. The van der Waals surface area contributed by atoms with E-state index >= 15 is 0 Å². The predicted octanol–water partition coefficient (Wildman–Crippen LogP) is 2.50. The van der Waals surface area contributed by atoms with Gasteiger partial charge >= 0.3 is 5.97 Å². The number of ether oxygens (including phenoxy) is 1. The zero-order valence-corrected chi connectivity index (χ0v) is 10.8. The lowest BCUT2D eigenvalue weighted by molar-refractivity contribution is -0.143. The lowest BCUT2D eigenvalue weighted by Gasteiger charge is -2.26. The molecule has 0 aromatic heterocycles. The van der Waals surface area contributed by atoms with Crippen LogP contribution in [0, 0.1) is 5.92 Å². The molecule has 3 nitrogen and oxygen atoms in total. The molecule has 94 valence electrons. The van der Waals surface area contributed by atoms with Crippen molar-refractivity contribution in [1.82, 2.24) is 5.32 Å². The van der Waals surface area contributed by atoms with E-state index in [1.807, 2.05) is 0 Å². The maximum atomic E-state index is 11.6. The summed E-state index contributed by atoms with van der Waals surface area (Å²) in [7, 11) is 1.47. The van der Waals surface area contributed by atoms with Gasteiger partial charge in [0.15, 0.2) is 0 Å². The highest BCUT2D eigenvalue weighted by atomic mass is 16.5. The minimum atomic E-state index is -0.118. The molecule has 0 spiro atoms. The summed E-state index contributed by atoms with van der Waals surface area (Å²) in [5.74, 6) is 0.586. The molecule has 1 saturated carbocycles. The number of methoxy groups -OCH3 is 1. The number of carbonyl (C=O) groups is 1. The van der Waals surface area contributed by atoms with E-state index in [9.17, 15) is 4.79 Å². The van der Waals surface area contributed by atoms with Gasteiger partial charge in [-0.2, -0.15) is 0 Å². The van der Waals surface area contributed by atoms with Crippen molar-refractivity contribution in [3.8, 4) is 0 Å². The van der Waals surface area contributed by atoms with E-state index in [0.29, 0.717) is 12.0 Å². The maximum absolute atomic E-state index is 11.6. The van der Waals surface area contributed by atoms with Crippen LogP contribution in [0.15, 0.2) is 0 Å². The van der Waals surface area contributed by atoms with E-state index < -0.39 is 0 Å². The van der Waals surface area contributed by atoms with Gasteiger partial charge in [0.05, 0.1) is 7.11 Å². The molecule has 0 radical (unpaired) electrons. The summed E-state index contributed by atoms with van der Waals surface area (Å²) in [4.78, 5) is 11.6. The van der Waals surface area contributed by atoms with Crippen molar-refractivity contribution < 1.29 is 9.53 Å². The molecular formula is C13H25NO2. The van der Waals surface area contributed by atoms with Crippen LogP contribution in [-0.4, -0.2) is 25.2 Å². The van der Waals surface area contributed by atoms with Crippen molar-refractivity contribution in [2.24, 2.45) is 5.92 Å². The quantitative estimate of drug-likeness (QED) is 0.733. The molecule has 0 aromatic carbocycles. The third kappa shape index (κ3) is 4.52. The Hall–Kier alpha value is -0.570. The van der Waals surface area contributed by atoms with Crippen molar-refractivity contribution >= 4 is 5.97 Å². The largest absolute Gasteiger partial charge is 0.468 e. The average molecular weight is 227 g/mol. The average Bonchev–Trinajstić information content (AvgIpc) is 2.28. The highest BCUT2D eigenvalue weighted by Crippen LogP contribution is 2.27. The molecule has 3 heteroatoms. The molecule has 0 aliphatic heterocycles. The van der Waals surface area contributed by atoms with Crippen molar-refractivity contribution in [2.75, 3.05) is 7.11 Å². The van der Waals surface area contributed by atoms with Gasteiger partial charge in [0.1, 0.15) is 6.04 Å². The number of hydrogen-bond donors (Lipinski definition) is 1. The molecule has 0 amide bonds. The normalized spacial score (nSPS) is 19.8. The minimum absolute atomic E-state index is 0.112. The van der Waals surface area contributed by atoms with E-state index in [-0.39, 0.29) is 12.0 Å². The summed E-state index contributed by atoms with van der Waals surface area (Å²) in [5.41, 5.74) is 0. The number of carbonyl (C=O) groups excluding carboxylic acids is 1. The van der Waals surface area contributed by atoms with Crippen LogP contribution in [0.1, 0.15) is 52.4 Å². The van der Waals surface area contributed by atoms with Crippen LogP contribution in [0.5, 0.6) is 0 Å². The second-order valence-corrected chi connectivity index (χ2v) is 5.14. The van der Waals surface area contributed by atoms with Gasteiger partial charge in [0.25, 0.3) is 0 Å². The van der Waals surface area contributed by atoms with Gasteiger partial charge in [-0.05, 0) is 12.3 Å². The Morgan fingerprint density at radius 1 is 1.31 bits per heavy atom. The van der Waals surface area contributed by atoms with Gasteiger partial charge in [-0.15, -0.1) is 0 Å². The molecule has 0 aromatic rings. The molecule has 1 aliphatic rings. The fourth-order valence-electron chi connectivity index (χ4n) is 2.53. The van der Waals surface area contributed by atoms with Gasteiger partial charge in [-0.25, -0.2) is 0 Å². The van der Waals surface area contributed by atoms with Gasteiger partial charge in [-0.1, -0.05) is 46.0 Å². The second-order valence-electron chi connectivity index (χ2n) is 5.14. The second kappa shape index (κ2) is 6.89. The highest BCUT2D eigenvalue weighted by Gasteiger charge is 2.25. The highest BCUT2D eigenvalue weighted by molar-refractivity contribution is 5.75. The first-order valence-corrected chi connectivity index (χ1v) is 6.47. The van der Waals surface area contributed by atoms with E-state index in [1.54, 1.807) is 0 Å². The van der Waals surface area contributed by atoms with Crippen molar-refractivity contribution in [3.63, 3.8) is 0 Å². The summed E-state index contributed by atoms with van der Waals surface area (Å²) in [6, 6.07) is 0.209. The van der Waals surface area contributed by atoms with Crippen LogP contribution in [0.3, 0.4) is 0 Å². The van der Waals surface area contributed by atoms with Gasteiger partial charge < -0.3 is 10.1 Å². The monoisotopic (exact) mass is 227 g/mol. The minimum Gasteiger partial charge on any atom is -0.468 e. The first-order chi connectivity index (χ1) is 7.63. The van der Waals surface area contributed by atoms with Crippen LogP contribution in [0.2, 0.25) is 0 Å². The third-order valence-electron chi connectivity index (χ3n) is 3.31. The maximum Gasteiger partial charge on any atom is 0.322 e. The number of esters is 1. The Kier molecular flexibility index (Phi) is 5.81. The van der Waals surface area contributed by atoms with Crippen LogP contribution < -0.4 is 5.32 Å².